The van der Waals surface area contributed by atoms with E-state index in [2.05, 4.69) is 5.32 Å². The monoisotopic (exact) mass is 491 g/mol. The molecule has 1 aliphatic rings. The summed E-state index contributed by atoms with van der Waals surface area (Å²) in [5.41, 5.74) is 2.51. The number of halogens is 2. The van der Waals surface area contributed by atoms with E-state index in [1.165, 1.54) is 40.9 Å². The summed E-state index contributed by atoms with van der Waals surface area (Å²) in [7, 11) is 0. The van der Waals surface area contributed by atoms with Gasteiger partial charge >= 0.3 is 0 Å². The molecule has 0 aliphatic carbocycles. The highest BCUT2D eigenvalue weighted by Gasteiger charge is 2.40. The summed E-state index contributed by atoms with van der Waals surface area (Å²) in [6.07, 6.45) is 0.384. The number of aryl methyl sites for hydroxylation is 1. The van der Waals surface area contributed by atoms with Crippen molar-refractivity contribution in [2.75, 3.05) is 10.2 Å². The number of hydrogen-bond acceptors (Lipinski definition) is 4. The molecule has 5 nitrogen and oxygen atoms in total. The molecular formula is C26H19ClFN3O2S. The van der Waals surface area contributed by atoms with Gasteiger partial charge in [0.2, 0.25) is 5.91 Å². The van der Waals surface area contributed by atoms with Gasteiger partial charge in [-0.3, -0.25) is 14.5 Å². The zero-order valence-electron chi connectivity index (χ0n) is 18.1. The molecule has 2 amide bonds. The molecule has 3 aromatic rings. The van der Waals surface area contributed by atoms with Gasteiger partial charge in [0.1, 0.15) is 22.5 Å². The van der Waals surface area contributed by atoms with Gasteiger partial charge in [0, 0.05) is 16.4 Å². The lowest BCUT2D eigenvalue weighted by Crippen LogP contribution is -2.30. The minimum absolute atomic E-state index is 0.198. The van der Waals surface area contributed by atoms with Crippen molar-refractivity contribution < 1.29 is 14.0 Å². The van der Waals surface area contributed by atoms with Gasteiger partial charge in [-0.05, 0) is 66.9 Å². The molecule has 0 bridgehead atoms. The fraction of sp³-hybridized carbons (Fsp3) is 0.115. The Morgan fingerprint density at radius 1 is 1.15 bits per heavy atom. The summed E-state index contributed by atoms with van der Waals surface area (Å²) in [6.45, 7) is 1.90. The van der Waals surface area contributed by atoms with Crippen LogP contribution in [-0.2, 0) is 16.0 Å². The Kier molecular flexibility index (Phi) is 7.01. The van der Waals surface area contributed by atoms with Crippen LogP contribution in [0, 0.1) is 24.1 Å². The van der Waals surface area contributed by atoms with Crippen LogP contribution >= 0.6 is 23.4 Å². The van der Waals surface area contributed by atoms with E-state index in [1.807, 2.05) is 37.3 Å². The van der Waals surface area contributed by atoms with Crippen LogP contribution in [0.15, 0.2) is 83.4 Å². The predicted octanol–water partition coefficient (Wildman–Crippen LogP) is 5.85. The molecule has 1 unspecified atom stereocenters. The number of carbonyl (C=O) groups is 2. The van der Waals surface area contributed by atoms with Crippen LogP contribution in [0.3, 0.4) is 0 Å². The van der Waals surface area contributed by atoms with Crippen molar-refractivity contribution >= 4 is 46.6 Å². The van der Waals surface area contributed by atoms with Crippen molar-refractivity contribution in [1.29, 1.82) is 5.26 Å². The van der Waals surface area contributed by atoms with E-state index in [-0.39, 0.29) is 16.5 Å². The first kappa shape index (κ1) is 23.6. The second-order valence-electron chi connectivity index (χ2n) is 7.66. The lowest BCUT2D eigenvalue weighted by Gasteiger charge is -2.18. The van der Waals surface area contributed by atoms with Crippen molar-refractivity contribution in [2.24, 2.45) is 0 Å². The van der Waals surface area contributed by atoms with E-state index in [4.69, 9.17) is 11.6 Å². The normalized spacial score (nSPS) is 16.8. The van der Waals surface area contributed by atoms with E-state index >= 15 is 0 Å². The lowest BCUT2D eigenvalue weighted by atomic mass is 10.1. The Morgan fingerprint density at radius 3 is 2.50 bits per heavy atom. The van der Waals surface area contributed by atoms with Gasteiger partial charge < -0.3 is 5.32 Å². The van der Waals surface area contributed by atoms with Crippen molar-refractivity contribution in [2.45, 2.75) is 18.6 Å². The molecule has 1 aliphatic heterocycles. The highest BCUT2D eigenvalue weighted by molar-refractivity contribution is 8.05. The third-order valence-electron chi connectivity index (χ3n) is 5.28. The maximum atomic E-state index is 13.5. The van der Waals surface area contributed by atoms with Crippen LogP contribution in [0.4, 0.5) is 15.8 Å². The average molecular weight is 492 g/mol. The second kappa shape index (κ2) is 10.1. The van der Waals surface area contributed by atoms with E-state index in [0.717, 1.165) is 11.1 Å². The first-order valence-corrected chi connectivity index (χ1v) is 11.6. The molecule has 8 heteroatoms. The molecule has 1 saturated heterocycles. The standard InChI is InChI=1S/C26H19ClFN3O2S/c1-16-7-8-17(13-22(16)27)14-23-25(33)31(20-5-3-2-4-6-20)26(34-23)21(15-29)24(32)30-19-11-9-18(28)10-12-19/h2-13,23H,14H2,1H3,(H,30,32). The van der Waals surface area contributed by atoms with Crippen LogP contribution < -0.4 is 10.2 Å². The minimum Gasteiger partial charge on any atom is -0.321 e. The number of anilines is 2. The first-order chi connectivity index (χ1) is 16.4. The van der Waals surface area contributed by atoms with Crippen LogP contribution in [0.5, 0.6) is 0 Å². The number of para-hydroxylation sites is 1. The Hall–Kier alpha value is -3.60. The van der Waals surface area contributed by atoms with Crippen molar-refractivity contribution in [3.05, 3.63) is 105 Å². The van der Waals surface area contributed by atoms with Gasteiger partial charge in [-0.2, -0.15) is 5.26 Å². The largest absolute Gasteiger partial charge is 0.321 e. The quantitative estimate of drug-likeness (QED) is 0.359. The van der Waals surface area contributed by atoms with E-state index in [0.29, 0.717) is 22.8 Å². The third-order valence-corrected chi connectivity index (χ3v) is 6.95. The summed E-state index contributed by atoms with van der Waals surface area (Å²) < 4.78 is 13.2. The number of carbonyl (C=O) groups excluding carboxylic acids is 2. The van der Waals surface area contributed by atoms with Crippen LogP contribution in [0.25, 0.3) is 0 Å². The maximum absolute atomic E-state index is 13.5. The zero-order chi connectivity index (χ0) is 24.2. The van der Waals surface area contributed by atoms with Crippen LogP contribution in [0.2, 0.25) is 5.02 Å². The lowest BCUT2D eigenvalue weighted by molar-refractivity contribution is -0.117. The number of nitriles is 1. The van der Waals surface area contributed by atoms with Gasteiger partial charge in [-0.1, -0.05) is 53.7 Å². The van der Waals surface area contributed by atoms with Gasteiger partial charge in [0.25, 0.3) is 5.91 Å². The van der Waals surface area contributed by atoms with Crippen LogP contribution in [0.1, 0.15) is 11.1 Å². The van der Waals surface area contributed by atoms with Gasteiger partial charge in [-0.25, -0.2) is 4.39 Å². The highest BCUT2D eigenvalue weighted by atomic mass is 35.5. The number of amides is 2. The van der Waals surface area contributed by atoms with Crippen molar-refractivity contribution in [1.82, 2.24) is 0 Å². The number of rotatable bonds is 5. The number of nitrogens with one attached hydrogen (secondary N) is 1. The average Bonchev–Trinajstić information content (AvgIpc) is 3.14. The minimum atomic E-state index is -0.677. The SMILES string of the molecule is Cc1ccc(CC2SC(=C(C#N)C(=O)Nc3ccc(F)cc3)N(c3ccccc3)C2=O)cc1Cl. The molecule has 1 fully saturated rings. The third kappa shape index (κ3) is 4.98. The molecule has 0 radical (unpaired) electrons. The number of nitrogens with zero attached hydrogens (tertiary/aromatic N) is 2. The van der Waals surface area contributed by atoms with Crippen molar-refractivity contribution in [3.63, 3.8) is 0 Å². The van der Waals surface area contributed by atoms with E-state index < -0.39 is 17.0 Å². The Labute approximate surface area is 205 Å². The molecule has 1 atom stereocenters. The molecule has 170 valence electrons. The zero-order valence-corrected chi connectivity index (χ0v) is 19.7. The molecule has 0 saturated carbocycles. The second-order valence-corrected chi connectivity index (χ2v) is 9.25. The summed E-state index contributed by atoms with van der Waals surface area (Å²) in [5, 5.41) is 12.8. The van der Waals surface area contributed by atoms with Gasteiger partial charge in [0.05, 0.1) is 5.25 Å². The number of benzene rings is 3. The highest BCUT2D eigenvalue weighted by Crippen LogP contribution is 2.42. The fourth-order valence-electron chi connectivity index (χ4n) is 3.50. The predicted molar refractivity (Wildman–Crippen MR) is 133 cm³/mol. The Morgan fingerprint density at radius 2 is 1.85 bits per heavy atom. The molecule has 1 heterocycles. The van der Waals surface area contributed by atoms with Gasteiger partial charge in [-0.15, -0.1) is 0 Å². The summed E-state index contributed by atoms with van der Waals surface area (Å²) in [6, 6.07) is 21.7. The molecule has 0 aromatic heterocycles. The number of hydrogen-bond donors (Lipinski definition) is 1. The Balaban J connectivity index is 1.70. The molecule has 1 N–H and O–H groups in total. The summed E-state index contributed by atoms with van der Waals surface area (Å²) in [5.74, 6) is -1.35. The molecule has 34 heavy (non-hydrogen) atoms. The first-order valence-electron chi connectivity index (χ1n) is 10.4. The number of thioether (sulfide) groups is 1. The van der Waals surface area contributed by atoms with E-state index in [9.17, 15) is 19.2 Å². The topological polar surface area (TPSA) is 73.2 Å². The molecule has 0 spiro atoms. The van der Waals surface area contributed by atoms with E-state index in [1.54, 1.807) is 24.3 Å². The van der Waals surface area contributed by atoms with Gasteiger partial charge in [0.15, 0.2) is 0 Å². The smallest absolute Gasteiger partial charge is 0.269 e. The fourth-order valence-corrected chi connectivity index (χ4v) is 5.01. The maximum Gasteiger partial charge on any atom is 0.269 e. The summed E-state index contributed by atoms with van der Waals surface area (Å²) in [4.78, 5) is 27.9. The molecular weight excluding hydrogens is 473 g/mol. The van der Waals surface area contributed by atoms with Crippen LogP contribution in [-0.4, -0.2) is 17.1 Å². The molecule has 4 rings (SSSR count). The Bertz CT molecular complexity index is 1320. The summed E-state index contributed by atoms with van der Waals surface area (Å²) >= 11 is 7.43. The molecule has 3 aromatic carbocycles. The van der Waals surface area contributed by atoms with Crippen molar-refractivity contribution in [3.8, 4) is 6.07 Å².